The lowest BCUT2D eigenvalue weighted by Gasteiger charge is -2.10. The lowest BCUT2D eigenvalue weighted by atomic mass is 10.1. The van der Waals surface area contributed by atoms with Gasteiger partial charge in [-0.2, -0.15) is 0 Å². The van der Waals surface area contributed by atoms with Gasteiger partial charge in [0.05, 0.1) is 12.3 Å². The molecule has 2 heterocycles. The van der Waals surface area contributed by atoms with Crippen LogP contribution in [0.4, 0.5) is 0 Å². The zero-order valence-electron chi connectivity index (χ0n) is 14.4. The third-order valence-electron chi connectivity index (χ3n) is 4.01. The average molecular weight is 337 g/mol. The van der Waals surface area contributed by atoms with Crippen molar-refractivity contribution in [2.45, 2.75) is 26.2 Å². The van der Waals surface area contributed by atoms with Crippen LogP contribution in [0.15, 0.2) is 54.9 Å². The summed E-state index contributed by atoms with van der Waals surface area (Å²) < 4.78 is 7.58. The van der Waals surface area contributed by atoms with Crippen LogP contribution < -0.4 is 10.1 Å². The number of nitrogens with zero attached hydrogens (tertiary/aromatic N) is 2. The summed E-state index contributed by atoms with van der Waals surface area (Å²) in [6.45, 7) is 3.18. The predicted octanol–water partition coefficient (Wildman–Crippen LogP) is 3.02. The number of nitrogens with one attached hydrogen (secondary N) is 1. The van der Waals surface area contributed by atoms with Crippen LogP contribution in [0.1, 0.15) is 24.6 Å². The van der Waals surface area contributed by atoms with E-state index in [4.69, 9.17) is 4.74 Å². The van der Waals surface area contributed by atoms with E-state index in [2.05, 4.69) is 10.3 Å². The number of ether oxygens (including phenoxy) is 1. The highest BCUT2D eigenvalue weighted by atomic mass is 16.5. The fourth-order valence-electron chi connectivity index (χ4n) is 2.78. The van der Waals surface area contributed by atoms with Gasteiger partial charge in [0, 0.05) is 31.8 Å². The summed E-state index contributed by atoms with van der Waals surface area (Å²) in [7, 11) is 0. The Morgan fingerprint density at radius 1 is 1.16 bits per heavy atom. The quantitative estimate of drug-likeness (QED) is 0.687. The number of pyridine rings is 1. The molecule has 0 aliphatic rings. The maximum Gasteiger partial charge on any atom is 0.220 e. The van der Waals surface area contributed by atoms with Crippen molar-refractivity contribution in [3.05, 3.63) is 66.1 Å². The molecule has 2 aromatic heterocycles. The fraction of sp³-hybridized carbons (Fsp3) is 0.300. The highest BCUT2D eigenvalue weighted by Crippen LogP contribution is 2.19. The molecular weight excluding hydrogens is 314 g/mol. The number of rotatable bonds is 8. The van der Waals surface area contributed by atoms with Crippen LogP contribution in [-0.4, -0.2) is 28.4 Å². The molecule has 1 aromatic carbocycles. The third-order valence-corrected chi connectivity index (χ3v) is 4.01. The molecule has 0 unspecified atom stereocenters. The van der Waals surface area contributed by atoms with E-state index in [1.165, 1.54) is 0 Å². The van der Waals surface area contributed by atoms with Crippen molar-refractivity contribution in [1.29, 1.82) is 0 Å². The second-order valence-corrected chi connectivity index (χ2v) is 5.84. The van der Waals surface area contributed by atoms with Crippen LogP contribution in [0, 0.1) is 0 Å². The van der Waals surface area contributed by atoms with E-state index in [-0.39, 0.29) is 5.91 Å². The molecule has 0 atom stereocenters. The minimum atomic E-state index is 0.0510. The zero-order chi connectivity index (χ0) is 17.5. The Kier molecular flexibility index (Phi) is 5.67. The molecule has 0 saturated carbocycles. The molecule has 0 saturated heterocycles. The molecule has 0 aliphatic carbocycles. The first-order valence-electron chi connectivity index (χ1n) is 8.66. The first-order valence-corrected chi connectivity index (χ1v) is 8.66. The van der Waals surface area contributed by atoms with Crippen molar-refractivity contribution in [2.75, 3.05) is 13.2 Å². The maximum atomic E-state index is 12.1. The largest absolute Gasteiger partial charge is 0.494 e. The monoisotopic (exact) mass is 337 g/mol. The molecule has 0 fully saturated rings. The molecule has 0 radical (unpaired) electrons. The molecule has 1 amide bonds. The Balaban J connectivity index is 1.45. The Morgan fingerprint density at radius 2 is 2.00 bits per heavy atom. The lowest BCUT2D eigenvalue weighted by Crippen LogP contribution is -2.26. The molecular formula is C20H23N3O2. The SMILES string of the molecule is CCOc1ccccc1CCC(=O)NCCc1cn2ccccc2n1. The summed E-state index contributed by atoms with van der Waals surface area (Å²) in [5, 5.41) is 2.97. The summed E-state index contributed by atoms with van der Waals surface area (Å²) in [6, 6.07) is 13.8. The van der Waals surface area contributed by atoms with Gasteiger partial charge >= 0.3 is 0 Å². The zero-order valence-corrected chi connectivity index (χ0v) is 14.4. The number of hydrogen-bond donors (Lipinski definition) is 1. The van der Waals surface area contributed by atoms with Gasteiger partial charge in [-0.05, 0) is 37.1 Å². The summed E-state index contributed by atoms with van der Waals surface area (Å²) in [6.07, 6.45) is 5.83. The van der Waals surface area contributed by atoms with E-state index in [9.17, 15) is 4.79 Å². The molecule has 5 heteroatoms. The van der Waals surface area contributed by atoms with Crippen LogP contribution in [0.3, 0.4) is 0 Å². The van der Waals surface area contributed by atoms with E-state index in [0.29, 0.717) is 26.0 Å². The van der Waals surface area contributed by atoms with Gasteiger partial charge in [-0.1, -0.05) is 24.3 Å². The number of para-hydroxylation sites is 1. The molecule has 1 N–H and O–H groups in total. The Bertz CT molecular complexity index is 809. The number of imidazole rings is 1. The van der Waals surface area contributed by atoms with Gasteiger partial charge in [0.2, 0.25) is 5.91 Å². The molecule has 130 valence electrons. The smallest absolute Gasteiger partial charge is 0.220 e. The van der Waals surface area contributed by atoms with E-state index < -0.39 is 0 Å². The number of carbonyl (C=O) groups is 1. The van der Waals surface area contributed by atoms with Gasteiger partial charge in [0.25, 0.3) is 0 Å². The molecule has 5 nitrogen and oxygen atoms in total. The van der Waals surface area contributed by atoms with Crippen molar-refractivity contribution >= 4 is 11.6 Å². The lowest BCUT2D eigenvalue weighted by molar-refractivity contribution is -0.121. The molecule has 3 aromatic rings. The molecule has 25 heavy (non-hydrogen) atoms. The van der Waals surface area contributed by atoms with Crippen LogP contribution in [0.25, 0.3) is 5.65 Å². The maximum absolute atomic E-state index is 12.1. The average Bonchev–Trinajstić information content (AvgIpc) is 3.04. The number of aryl methyl sites for hydroxylation is 1. The van der Waals surface area contributed by atoms with Gasteiger partial charge in [0.15, 0.2) is 0 Å². The topological polar surface area (TPSA) is 55.6 Å². The third kappa shape index (κ3) is 4.59. The van der Waals surface area contributed by atoms with Crippen LogP contribution in [0.2, 0.25) is 0 Å². The molecule has 0 spiro atoms. The normalized spacial score (nSPS) is 10.8. The standard InChI is InChI=1S/C20H23N3O2/c1-2-25-18-8-4-3-7-16(18)10-11-20(24)21-13-12-17-15-23-14-6-5-9-19(23)22-17/h3-9,14-15H,2,10-13H2,1H3,(H,21,24). The van der Waals surface area contributed by atoms with E-state index in [1.54, 1.807) is 0 Å². The summed E-state index contributed by atoms with van der Waals surface area (Å²) >= 11 is 0. The second-order valence-electron chi connectivity index (χ2n) is 5.84. The number of fused-ring (bicyclic) bond motifs is 1. The van der Waals surface area contributed by atoms with Gasteiger partial charge in [-0.15, -0.1) is 0 Å². The number of amides is 1. The second kappa shape index (κ2) is 8.33. The fourth-order valence-corrected chi connectivity index (χ4v) is 2.78. The van der Waals surface area contributed by atoms with Crippen molar-refractivity contribution in [3.8, 4) is 5.75 Å². The molecule has 0 aliphatic heterocycles. The van der Waals surface area contributed by atoms with Crippen molar-refractivity contribution in [1.82, 2.24) is 14.7 Å². The number of benzene rings is 1. The number of aromatic nitrogens is 2. The van der Waals surface area contributed by atoms with Crippen LogP contribution >= 0.6 is 0 Å². The van der Waals surface area contributed by atoms with Gasteiger partial charge in [-0.25, -0.2) is 4.98 Å². The van der Waals surface area contributed by atoms with Crippen molar-refractivity contribution in [2.24, 2.45) is 0 Å². The minimum absolute atomic E-state index is 0.0510. The van der Waals surface area contributed by atoms with E-state index in [0.717, 1.165) is 29.1 Å². The Morgan fingerprint density at radius 3 is 2.84 bits per heavy atom. The molecule has 3 rings (SSSR count). The predicted molar refractivity (Wildman–Crippen MR) is 97.8 cm³/mol. The van der Waals surface area contributed by atoms with Gasteiger partial charge < -0.3 is 14.5 Å². The minimum Gasteiger partial charge on any atom is -0.494 e. The van der Waals surface area contributed by atoms with Crippen LogP contribution in [0.5, 0.6) is 5.75 Å². The molecule has 0 bridgehead atoms. The summed E-state index contributed by atoms with van der Waals surface area (Å²) in [5.41, 5.74) is 2.98. The van der Waals surface area contributed by atoms with E-state index in [1.807, 2.05) is 66.2 Å². The highest BCUT2D eigenvalue weighted by Gasteiger charge is 2.07. The van der Waals surface area contributed by atoms with Gasteiger partial charge in [-0.3, -0.25) is 4.79 Å². The van der Waals surface area contributed by atoms with Crippen LogP contribution in [-0.2, 0) is 17.6 Å². The Labute approximate surface area is 147 Å². The van der Waals surface area contributed by atoms with Crippen molar-refractivity contribution < 1.29 is 9.53 Å². The first kappa shape index (κ1) is 17.0. The first-order chi connectivity index (χ1) is 12.3. The van der Waals surface area contributed by atoms with E-state index >= 15 is 0 Å². The summed E-state index contributed by atoms with van der Waals surface area (Å²) in [4.78, 5) is 16.6. The highest BCUT2D eigenvalue weighted by molar-refractivity contribution is 5.76. The van der Waals surface area contributed by atoms with Gasteiger partial charge in [0.1, 0.15) is 11.4 Å². The number of hydrogen-bond acceptors (Lipinski definition) is 3. The number of carbonyl (C=O) groups excluding carboxylic acids is 1. The summed E-state index contributed by atoms with van der Waals surface area (Å²) in [5.74, 6) is 0.914. The Hall–Kier alpha value is -2.82. The van der Waals surface area contributed by atoms with Crippen molar-refractivity contribution in [3.63, 3.8) is 0 Å².